The van der Waals surface area contributed by atoms with Crippen LogP contribution in [0.5, 0.6) is 11.6 Å². The Kier molecular flexibility index (Phi) is 3.66. The Morgan fingerprint density at radius 2 is 1.95 bits per heavy atom. The monoisotopic (exact) mass is 257 g/mol. The number of benzene rings is 1. The van der Waals surface area contributed by atoms with Crippen LogP contribution in [0.4, 0.5) is 11.4 Å². The van der Waals surface area contributed by atoms with E-state index in [0.717, 1.165) is 5.56 Å². The number of nitrogens with zero attached hydrogens (tertiary/aromatic N) is 1. The van der Waals surface area contributed by atoms with Crippen LogP contribution < -0.4 is 15.8 Å². The summed E-state index contributed by atoms with van der Waals surface area (Å²) in [6.07, 6.45) is 1.65. The fourth-order valence-electron chi connectivity index (χ4n) is 1.55. The van der Waals surface area contributed by atoms with E-state index in [-0.39, 0.29) is 5.91 Å². The number of pyridine rings is 1. The van der Waals surface area contributed by atoms with Crippen LogP contribution in [0.1, 0.15) is 12.5 Å². The van der Waals surface area contributed by atoms with Gasteiger partial charge >= 0.3 is 0 Å². The predicted molar refractivity (Wildman–Crippen MR) is 74.2 cm³/mol. The summed E-state index contributed by atoms with van der Waals surface area (Å²) in [5, 5.41) is 2.68. The molecule has 0 spiro atoms. The van der Waals surface area contributed by atoms with E-state index in [4.69, 9.17) is 10.5 Å². The minimum absolute atomic E-state index is 0.113. The van der Waals surface area contributed by atoms with Crippen molar-refractivity contribution in [2.75, 3.05) is 11.1 Å². The normalized spacial score (nSPS) is 10.0. The zero-order chi connectivity index (χ0) is 13.8. The lowest BCUT2D eigenvalue weighted by atomic mass is 10.2. The van der Waals surface area contributed by atoms with Gasteiger partial charge < -0.3 is 15.8 Å². The number of ether oxygens (including phenoxy) is 1. The molecule has 0 atom stereocenters. The number of hydrogen-bond acceptors (Lipinski definition) is 4. The summed E-state index contributed by atoms with van der Waals surface area (Å²) in [7, 11) is 0. The molecule has 0 radical (unpaired) electrons. The number of carbonyl (C=O) groups excluding carboxylic acids is 1. The second-order valence-corrected chi connectivity index (χ2v) is 4.15. The molecule has 2 aromatic rings. The molecule has 5 heteroatoms. The maximum atomic E-state index is 10.9. The summed E-state index contributed by atoms with van der Waals surface area (Å²) < 4.78 is 5.60. The van der Waals surface area contributed by atoms with Crippen molar-refractivity contribution in [3.63, 3.8) is 0 Å². The minimum Gasteiger partial charge on any atom is -0.437 e. The Labute approximate surface area is 111 Å². The first-order chi connectivity index (χ1) is 9.06. The van der Waals surface area contributed by atoms with Crippen LogP contribution in [-0.2, 0) is 4.79 Å². The molecule has 0 aliphatic heterocycles. The average Bonchev–Trinajstić information content (AvgIpc) is 2.37. The Hall–Kier alpha value is -2.56. The van der Waals surface area contributed by atoms with Gasteiger partial charge in [-0.3, -0.25) is 4.79 Å². The molecule has 5 nitrogen and oxygen atoms in total. The summed E-state index contributed by atoms with van der Waals surface area (Å²) in [6.45, 7) is 3.35. The molecule has 19 heavy (non-hydrogen) atoms. The first-order valence-electron chi connectivity index (χ1n) is 5.83. The SMILES string of the molecule is CC(=O)Nc1ccc(Oc2nccc(C)c2N)cc1. The Morgan fingerprint density at radius 1 is 1.26 bits per heavy atom. The van der Waals surface area contributed by atoms with Crippen LogP contribution >= 0.6 is 0 Å². The van der Waals surface area contributed by atoms with E-state index in [2.05, 4.69) is 10.3 Å². The smallest absolute Gasteiger partial charge is 0.242 e. The van der Waals surface area contributed by atoms with Gasteiger partial charge in [-0.1, -0.05) is 0 Å². The van der Waals surface area contributed by atoms with Crippen molar-refractivity contribution in [3.05, 3.63) is 42.1 Å². The van der Waals surface area contributed by atoms with Gasteiger partial charge in [-0.05, 0) is 42.8 Å². The highest BCUT2D eigenvalue weighted by Crippen LogP contribution is 2.27. The largest absolute Gasteiger partial charge is 0.437 e. The number of hydrogen-bond donors (Lipinski definition) is 2. The van der Waals surface area contributed by atoms with Crippen molar-refractivity contribution < 1.29 is 9.53 Å². The van der Waals surface area contributed by atoms with Crippen LogP contribution in [0.15, 0.2) is 36.5 Å². The van der Waals surface area contributed by atoms with Gasteiger partial charge in [0.1, 0.15) is 5.75 Å². The quantitative estimate of drug-likeness (QED) is 0.886. The highest BCUT2D eigenvalue weighted by molar-refractivity contribution is 5.88. The molecular weight excluding hydrogens is 242 g/mol. The summed E-state index contributed by atoms with van der Waals surface area (Å²) in [6, 6.07) is 8.82. The first-order valence-corrected chi connectivity index (χ1v) is 5.83. The van der Waals surface area contributed by atoms with Crippen LogP contribution in [-0.4, -0.2) is 10.9 Å². The molecule has 1 aromatic heterocycles. The summed E-state index contributed by atoms with van der Waals surface area (Å²) in [5.41, 5.74) is 8.03. The van der Waals surface area contributed by atoms with Crippen molar-refractivity contribution >= 4 is 17.3 Å². The molecule has 0 unspecified atom stereocenters. The molecule has 0 aliphatic rings. The molecule has 2 rings (SSSR count). The number of rotatable bonds is 3. The molecule has 0 fully saturated rings. The molecule has 98 valence electrons. The van der Waals surface area contributed by atoms with Crippen molar-refractivity contribution in [1.82, 2.24) is 4.98 Å². The Balaban J connectivity index is 2.15. The number of nitrogens with one attached hydrogen (secondary N) is 1. The van der Waals surface area contributed by atoms with Crippen molar-refractivity contribution in [3.8, 4) is 11.6 Å². The van der Waals surface area contributed by atoms with Gasteiger partial charge in [0.05, 0.1) is 5.69 Å². The fourth-order valence-corrected chi connectivity index (χ4v) is 1.55. The fraction of sp³-hybridized carbons (Fsp3) is 0.143. The molecule has 0 aliphatic carbocycles. The molecule has 3 N–H and O–H groups in total. The predicted octanol–water partition coefficient (Wildman–Crippen LogP) is 2.72. The number of anilines is 2. The van der Waals surface area contributed by atoms with E-state index in [1.54, 1.807) is 30.5 Å². The van der Waals surface area contributed by atoms with E-state index in [1.165, 1.54) is 6.92 Å². The average molecular weight is 257 g/mol. The van der Waals surface area contributed by atoms with Gasteiger partial charge in [0.15, 0.2) is 0 Å². The van der Waals surface area contributed by atoms with Crippen molar-refractivity contribution in [2.45, 2.75) is 13.8 Å². The number of aryl methyl sites for hydroxylation is 1. The lowest BCUT2D eigenvalue weighted by Gasteiger charge is -2.09. The molecular formula is C14H15N3O2. The summed E-state index contributed by atoms with van der Waals surface area (Å²) in [4.78, 5) is 15.0. The second kappa shape index (κ2) is 5.39. The van der Waals surface area contributed by atoms with E-state index < -0.39 is 0 Å². The molecule has 1 amide bonds. The van der Waals surface area contributed by atoms with Crippen LogP contribution in [0.2, 0.25) is 0 Å². The number of nitrogens with two attached hydrogens (primary N) is 1. The van der Waals surface area contributed by atoms with Gasteiger partial charge in [0.25, 0.3) is 0 Å². The molecule has 0 saturated carbocycles. The topological polar surface area (TPSA) is 77.2 Å². The molecule has 1 heterocycles. The summed E-state index contributed by atoms with van der Waals surface area (Å²) in [5.74, 6) is 0.879. The van der Waals surface area contributed by atoms with Crippen molar-refractivity contribution in [2.24, 2.45) is 0 Å². The molecule has 1 aromatic carbocycles. The second-order valence-electron chi connectivity index (χ2n) is 4.15. The standard InChI is InChI=1S/C14H15N3O2/c1-9-7-8-16-14(13(9)15)19-12-5-3-11(4-6-12)17-10(2)18/h3-8H,15H2,1-2H3,(H,17,18). The van der Waals surface area contributed by atoms with E-state index in [9.17, 15) is 4.79 Å². The Morgan fingerprint density at radius 3 is 2.58 bits per heavy atom. The van der Waals surface area contributed by atoms with E-state index >= 15 is 0 Å². The lowest BCUT2D eigenvalue weighted by molar-refractivity contribution is -0.114. The summed E-state index contributed by atoms with van der Waals surface area (Å²) >= 11 is 0. The number of carbonyl (C=O) groups is 1. The third-order valence-corrected chi connectivity index (χ3v) is 2.56. The van der Waals surface area contributed by atoms with Crippen molar-refractivity contribution in [1.29, 1.82) is 0 Å². The van der Waals surface area contributed by atoms with Gasteiger partial charge in [0.2, 0.25) is 11.8 Å². The number of aromatic nitrogens is 1. The van der Waals surface area contributed by atoms with Crippen LogP contribution in [0.25, 0.3) is 0 Å². The first kappa shape index (κ1) is 12.9. The zero-order valence-corrected chi connectivity index (χ0v) is 10.8. The van der Waals surface area contributed by atoms with Crippen LogP contribution in [0, 0.1) is 6.92 Å². The van der Waals surface area contributed by atoms with E-state index in [1.807, 2.05) is 13.0 Å². The highest BCUT2D eigenvalue weighted by Gasteiger charge is 2.06. The molecule has 0 bridgehead atoms. The number of nitrogen functional groups attached to an aromatic ring is 1. The Bertz CT molecular complexity index is 594. The van der Waals surface area contributed by atoms with Gasteiger partial charge in [-0.25, -0.2) is 4.98 Å². The lowest BCUT2D eigenvalue weighted by Crippen LogP contribution is -2.05. The third-order valence-electron chi connectivity index (χ3n) is 2.56. The highest BCUT2D eigenvalue weighted by atomic mass is 16.5. The van der Waals surface area contributed by atoms with Crippen LogP contribution in [0.3, 0.4) is 0 Å². The zero-order valence-electron chi connectivity index (χ0n) is 10.8. The van der Waals surface area contributed by atoms with Gasteiger partial charge in [-0.2, -0.15) is 0 Å². The van der Waals surface area contributed by atoms with Gasteiger partial charge in [0, 0.05) is 18.8 Å². The number of amides is 1. The maximum Gasteiger partial charge on any atom is 0.242 e. The van der Waals surface area contributed by atoms with Gasteiger partial charge in [-0.15, -0.1) is 0 Å². The maximum absolute atomic E-state index is 10.9. The third kappa shape index (κ3) is 3.22. The molecule has 0 saturated heterocycles. The minimum atomic E-state index is -0.113. The van der Waals surface area contributed by atoms with E-state index in [0.29, 0.717) is 23.0 Å².